The molecule has 2 aromatic carbocycles. The summed E-state index contributed by atoms with van der Waals surface area (Å²) >= 11 is 3.40. The molecule has 1 aromatic heterocycles. The molecule has 4 nitrogen and oxygen atoms in total. The Kier molecular flexibility index (Phi) is 4.06. The van der Waals surface area contributed by atoms with Crippen LogP contribution < -0.4 is 5.73 Å². The van der Waals surface area contributed by atoms with Gasteiger partial charge in [0.05, 0.1) is 5.69 Å². The number of aromatic nitrogens is 1. The molecular formula is C17H14BrN3O. The standard InChI is InChI=1S/C17H14BrN3O/c18-13-5-7-14(8-6-13)20-9-12-10-21(11-17(19)22)16-4-2-1-3-15(12)16/h1-10H,11H2,(H2,19,22). The van der Waals surface area contributed by atoms with E-state index in [0.717, 1.165) is 26.6 Å². The average molecular weight is 356 g/mol. The van der Waals surface area contributed by atoms with Gasteiger partial charge in [0.2, 0.25) is 5.91 Å². The van der Waals surface area contributed by atoms with Crippen LogP contribution in [0.25, 0.3) is 10.9 Å². The molecule has 0 saturated heterocycles. The zero-order valence-corrected chi connectivity index (χ0v) is 13.3. The molecule has 3 aromatic rings. The first kappa shape index (κ1) is 14.5. The van der Waals surface area contributed by atoms with Gasteiger partial charge >= 0.3 is 0 Å². The molecule has 1 amide bonds. The molecule has 110 valence electrons. The summed E-state index contributed by atoms with van der Waals surface area (Å²) in [4.78, 5) is 15.7. The lowest BCUT2D eigenvalue weighted by atomic mass is 10.2. The molecule has 0 bridgehead atoms. The van der Waals surface area contributed by atoms with Crippen molar-refractivity contribution in [3.63, 3.8) is 0 Å². The molecular weight excluding hydrogens is 342 g/mol. The van der Waals surface area contributed by atoms with Gasteiger partial charge in [-0.2, -0.15) is 0 Å². The largest absolute Gasteiger partial charge is 0.368 e. The Bertz CT molecular complexity index is 850. The van der Waals surface area contributed by atoms with Crippen molar-refractivity contribution >= 4 is 44.6 Å². The number of carbonyl (C=O) groups is 1. The van der Waals surface area contributed by atoms with Crippen molar-refractivity contribution in [3.05, 3.63) is 64.8 Å². The molecule has 0 fully saturated rings. The molecule has 0 aliphatic heterocycles. The first-order valence-corrected chi connectivity index (χ1v) is 7.58. The van der Waals surface area contributed by atoms with Crippen LogP contribution in [0.4, 0.5) is 5.69 Å². The number of halogens is 1. The molecule has 5 heteroatoms. The number of benzene rings is 2. The number of fused-ring (bicyclic) bond motifs is 1. The van der Waals surface area contributed by atoms with E-state index in [4.69, 9.17) is 5.73 Å². The molecule has 0 radical (unpaired) electrons. The van der Waals surface area contributed by atoms with Gasteiger partial charge in [0.25, 0.3) is 0 Å². The molecule has 22 heavy (non-hydrogen) atoms. The number of amides is 1. The Morgan fingerprint density at radius 1 is 1.18 bits per heavy atom. The number of hydrogen-bond donors (Lipinski definition) is 1. The molecule has 0 aliphatic carbocycles. The topological polar surface area (TPSA) is 60.4 Å². The van der Waals surface area contributed by atoms with Crippen molar-refractivity contribution < 1.29 is 4.79 Å². The third-order valence-corrected chi connectivity index (χ3v) is 3.85. The summed E-state index contributed by atoms with van der Waals surface area (Å²) in [5.41, 5.74) is 8.11. The van der Waals surface area contributed by atoms with Gasteiger partial charge in [-0.15, -0.1) is 0 Å². The third kappa shape index (κ3) is 3.09. The van der Waals surface area contributed by atoms with Crippen LogP contribution in [0.5, 0.6) is 0 Å². The SMILES string of the molecule is NC(=O)Cn1cc(C=Nc2ccc(Br)cc2)c2ccccc21. The molecule has 0 atom stereocenters. The van der Waals surface area contributed by atoms with Crippen molar-refractivity contribution in [2.24, 2.45) is 10.7 Å². The third-order valence-electron chi connectivity index (χ3n) is 3.32. The van der Waals surface area contributed by atoms with Gasteiger partial charge in [-0.25, -0.2) is 0 Å². The minimum atomic E-state index is -0.364. The molecule has 1 heterocycles. The van der Waals surface area contributed by atoms with Crippen molar-refractivity contribution in [1.82, 2.24) is 4.57 Å². The minimum absolute atomic E-state index is 0.159. The van der Waals surface area contributed by atoms with Crippen LogP contribution in [0.3, 0.4) is 0 Å². The Morgan fingerprint density at radius 3 is 2.64 bits per heavy atom. The normalized spacial score (nSPS) is 11.3. The van der Waals surface area contributed by atoms with Gasteiger partial charge in [-0.1, -0.05) is 34.1 Å². The Hall–Kier alpha value is -2.40. The first-order chi connectivity index (χ1) is 10.6. The van der Waals surface area contributed by atoms with Crippen LogP contribution in [0.2, 0.25) is 0 Å². The van der Waals surface area contributed by atoms with Gasteiger partial charge in [-0.3, -0.25) is 9.79 Å². The highest BCUT2D eigenvalue weighted by Gasteiger charge is 2.07. The molecule has 0 spiro atoms. The van der Waals surface area contributed by atoms with Crippen LogP contribution in [-0.4, -0.2) is 16.7 Å². The van der Waals surface area contributed by atoms with Crippen molar-refractivity contribution in [2.75, 3.05) is 0 Å². The number of rotatable bonds is 4. The Morgan fingerprint density at radius 2 is 1.91 bits per heavy atom. The van der Waals surface area contributed by atoms with E-state index in [1.165, 1.54) is 0 Å². The highest BCUT2D eigenvalue weighted by molar-refractivity contribution is 9.10. The highest BCUT2D eigenvalue weighted by Crippen LogP contribution is 2.21. The maximum atomic E-state index is 11.2. The Labute approximate surface area is 136 Å². The van der Waals surface area contributed by atoms with Crippen molar-refractivity contribution in [3.8, 4) is 0 Å². The van der Waals surface area contributed by atoms with E-state index in [1.54, 1.807) is 0 Å². The second-order valence-corrected chi connectivity index (χ2v) is 5.85. The van der Waals surface area contributed by atoms with E-state index < -0.39 is 0 Å². The number of nitrogens with two attached hydrogens (primary N) is 1. The van der Waals surface area contributed by atoms with Crippen LogP contribution in [-0.2, 0) is 11.3 Å². The molecule has 0 aliphatic rings. The minimum Gasteiger partial charge on any atom is -0.368 e. The quantitative estimate of drug-likeness (QED) is 0.713. The lowest BCUT2D eigenvalue weighted by molar-refractivity contribution is -0.118. The number of nitrogens with zero attached hydrogens (tertiary/aromatic N) is 2. The zero-order chi connectivity index (χ0) is 15.5. The van der Waals surface area contributed by atoms with Crippen LogP contribution in [0.15, 0.2) is 64.2 Å². The Balaban J connectivity index is 1.99. The lowest BCUT2D eigenvalue weighted by Crippen LogP contribution is -2.17. The summed E-state index contributed by atoms with van der Waals surface area (Å²) in [5, 5.41) is 1.05. The molecule has 0 unspecified atom stereocenters. The van der Waals surface area contributed by atoms with Crippen LogP contribution in [0.1, 0.15) is 5.56 Å². The number of primary amides is 1. The summed E-state index contributed by atoms with van der Waals surface area (Å²) in [5.74, 6) is -0.364. The number of hydrogen-bond acceptors (Lipinski definition) is 2. The fourth-order valence-electron chi connectivity index (χ4n) is 2.35. The van der Waals surface area contributed by atoms with Gasteiger partial charge in [0.15, 0.2) is 0 Å². The van der Waals surface area contributed by atoms with Gasteiger partial charge in [-0.05, 0) is 30.3 Å². The van der Waals surface area contributed by atoms with E-state index in [0.29, 0.717) is 0 Å². The summed E-state index contributed by atoms with van der Waals surface area (Å²) < 4.78 is 2.87. The highest BCUT2D eigenvalue weighted by atomic mass is 79.9. The maximum Gasteiger partial charge on any atom is 0.237 e. The summed E-state index contributed by atoms with van der Waals surface area (Å²) in [6.45, 7) is 0.159. The fourth-order valence-corrected chi connectivity index (χ4v) is 2.61. The smallest absolute Gasteiger partial charge is 0.237 e. The predicted octanol–water partition coefficient (Wildman–Crippen LogP) is 3.64. The van der Waals surface area contributed by atoms with E-state index >= 15 is 0 Å². The monoisotopic (exact) mass is 355 g/mol. The maximum absolute atomic E-state index is 11.2. The summed E-state index contributed by atoms with van der Waals surface area (Å²) in [6, 6.07) is 15.6. The van der Waals surface area contributed by atoms with Crippen molar-refractivity contribution in [2.45, 2.75) is 6.54 Å². The van der Waals surface area contributed by atoms with Gasteiger partial charge in [0.1, 0.15) is 6.54 Å². The van der Waals surface area contributed by atoms with Crippen molar-refractivity contribution in [1.29, 1.82) is 0 Å². The first-order valence-electron chi connectivity index (χ1n) is 6.79. The van der Waals surface area contributed by atoms with Gasteiger partial charge < -0.3 is 10.3 Å². The van der Waals surface area contributed by atoms with E-state index in [-0.39, 0.29) is 12.5 Å². The fraction of sp³-hybridized carbons (Fsp3) is 0.0588. The van der Waals surface area contributed by atoms with E-state index in [1.807, 2.05) is 65.5 Å². The predicted molar refractivity (Wildman–Crippen MR) is 92.5 cm³/mol. The van der Waals surface area contributed by atoms with Crippen LogP contribution in [0, 0.1) is 0 Å². The summed E-state index contributed by atoms with van der Waals surface area (Å²) in [6.07, 6.45) is 3.71. The molecule has 0 saturated carbocycles. The van der Waals surface area contributed by atoms with E-state index in [9.17, 15) is 4.79 Å². The number of aliphatic imine (C=N–C) groups is 1. The second kappa shape index (κ2) is 6.15. The number of carbonyl (C=O) groups excluding carboxylic acids is 1. The summed E-state index contributed by atoms with van der Waals surface area (Å²) in [7, 11) is 0. The van der Waals surface area contributed by atoms with Crippen LogP contribution >= 0.6 is 15.9 Å². The zero-order valence-electron chi connectivity index (χ0n) is 11.7. The average Bonchev–Trinajstić information content (AvgIpc) is 2.84. The van der Waals surface area contributed by atoms with Gasteiger partial charge in [0, 0.05) is 33.4 Å². The number of para-hydroxylation sites is 1. The lowest BCUT2D eigenvalue weighted by Gasteiger charge is -2.00. The second-order valence-electron chi connectivity index (χ2n) is 4.93. The van der Waals surface area contributed by atoms with E-state index in [2.05, 4.69) is 20.9 Å². The molecule has 2 N–H and O–H groups in total. The molecule has 3 rings (SSSR count).